The zero-order valence-electron chi connectivity index (χ0n) is 11.1. The van der Waals surface area contributed by atoms with Crippen molar-refractivity contribution in [3.05, 3.63) is 55.4 Å². The smallest absolute Gasteiger partial charge is 0.148 e. The van der Waals surface area contributed by atoms with Crippen LogP contribution in [0.4, 0.5) is 0 Å². The minimum Gasteiger partial charge on any atom is -0.496 e. The summed E-state index contributed by atoms with van der Waals surface area (Å²) in [5, 5.41) is 0.644. The Bertz CT molecular complexity index is 625. The second-order valence-electron chi connectivity index (χ2n) is 4.27. The first-order chi connectivity index (χ1) is 10.0. The average molecular weight is 455 g/mol. The average Bonchev–Trinajstić information content (AvgIpc) is 2.46. The molecule has 0 unspecified atom stereocenters. The van der Waals surface area contributed by atoms with E-state index in [1.165, 1.54) is 0 Å². The first kappa shape index (κ1) is 16.9. The molecule has 0 saturated carbocycles. The van der Waals surface area contributed by atoms with Crippen LogP contribution < -0.4 is 9.47 Å². The van der Waals surface area contributed by atoms with E-state index in [0.29, 0.717) is 23.3 Å². The van der Waals surface area contributed by atoms with Gasteiger partial charge >= 0.3 is 0 Å². The fraction of sp³-hybridized carbons (Fsp3) is 0.200. The van der Waals surface area contributed by atoms with E-state index in [2.05, 4.69) is 31.9 Å². The van der Waals surface area contributed by atoms with Crippen LogP contribution in [0.5, 0.6) is 11.5 Å². The quantitative estimate of drug-likeness (QED) is 0.501. The van der Waals surface area contributed by atoms with Crippen molar-refractivity contribution in [1.82, 2.24) is 0 Å². The molecule has 21 heavy (non-hydrogen) atoms. The van der Waals surface area contributed by atoms with Gasteiger partial charge in [0.1, 0.15) is 18.1 Å². The van der Waals surface area contributed by atoms with E-state index in [0.717, 1.165) is 25.8 Å². The van der Waals surface area contributed by atoms with Crippen LogP contribution in [0.1, 0.15) is 11.1 Å². The van der Waals surface area contributed by atoms with Gasteiger partial charge in [-0.25, -0.2) is 0 Å². The van der Waals surface area contributed by atoms with E-state index < -0.39 is 0 Å². The van der Waals surface area contributed by atoms with E-state index in [-0.39, 0.29) is 0 Å². The Morgan fingerprint density at radius 3 is 2.33 bits per heavy atom. The summed E-state index contributed by atoms with van der Waals surface area (Å²) in [5.41, 5.74) is 1.88. The number of rotatable bonds is 5. The Hall–Kier alpha value is -0.420. The summed E-state index contributed by atoms with van der Waals surface area (Å²) in [7, 11) is 1.62. The lowest BCUT2D eigenvalue weighted by Crippen LogP contribution is -2.00. The van der Waals surface area contributed by atoms with Crippen LogP contribution in [0, 0.1) is 0 Å². The lowest BCUT2D eigenvalue weighted by molar-refractivity contribution is 0.293. The summed E-state index contributed by atoms with van der Waals surface area (Å²) in [5.74, 6) is 1.90. The standard InChI is InChI=1S/C15H12Br2Cl2O2/c1-20-14-3-2-11(19)6-10(14)8-21-15-12(16)4-9(7-18)5-13(15)17/h2-6H,7-8H2,1H3. The van der Waals surface area contributed by atoms with Gasteiger partial charge in [0.15, 0.2) is 0 Å². The highest BCUT2D eigenvalue weighted by molar-refractivity contribution is 9.11. The van der Waals surface area contributed by atoms with Gasteiger partial charge in [-0.2, -0.15) is 0 Å². The first-order valence-electron chi connectivity index (χ1n) is 6.04. The molecule has 0 amide bonds. The van der Waals surface area contributed by atoms with Crippen molar-refractivity contribution in [1.29, 1.82) is 0 Å². The molecular weight excluding hydrogens is 443 g/mol. The van der Waals surface area contributed by atoms with Crippen molar-refractivity contribution in [2.75, 3.05) is 7.11 Å². The third-order valence-corrected chi connectivity index (χ3v) is 4.55. The summed E-state index contributed by atoms with van der Waals surface area (Å²) >= 11 is 18.8. The molecule has 0 aliphatic rings. The van der Waals surface area contributed by atoms with Crippen molar-refractivity contribution in [3.63, 3.8) is 0 Å². The Morgan fingerprint density at radius 1 is 1.10 bits per heavy atom. The van der Waals surface area contributed by atoms with Gasteiger partial charge in [-0.3, -0.25) is 0 Å². The second-order valence-corrected chi connectivity index (χ2v) is 6.68. The maximum Gasteiger partial charge on any atom is 0.148 e. The summed E-state index contributed by atoms with van der Waals surface area (Å²) in [4.78, 5) is 0. The van der Waals surface area contributed by atoms with Crippen molar-refractivity contribution in [3.8, 4) is 11.5 Å². The SMILES string of the molecule is COc1ccc(Cl)cc1COc1c(Br)cc(CCl)cc1Br. The molecule has 0 atom stereocenters. The number of hydrogen-bond acceptors (Lipinski definition) is 2. The third-order valence-electron chi connectivity index (χ3n) is 2.83. The number of ether oxygens (including phenoxy) is 2. The Morgan fingerprint density at radius 2 is 1.76 bits per heavy atom. The molecule has 2 rings (SSSR count). The summed E-state index contributed by atoms with van der Waals surface area (Å²) in [6, 6.07) is 9.30. The van der Waals surface area contributed by atoms with E-state index in [1.807, 2.05) is 24.3 Å². The summed E-state index contributed by atoms with van der Waals surface area (Å²) in [6.07, 6.45) is 0. The topological polar surface area (TPSA) is 18.5 Å². The molecule has 2 nitrogen and oxygen atoms in total. The zero-order chi connectivity index (χ0) is 15.4. The van der Waals surface area contributed by atoms with Gasteiger partial charge in [0.05, 0.1) is 16.1 Å². The second kappa shape index (κ2) is 7.73. The van der Waals surface area contributed by atoms with Gasteiger partial charge in [-0.05, 0) is 67.8 Å². The minimum absolute atomic E-state index is 0.348. The minimum atomic E-state index is 0.348. The zero-order valence-corrected chi connectivity index (χ0v) is 15.8. The molecule has 0 fully saturated rings. The number of hydrogen-bond donors (Lipinski definition) is 0. The van der Waals surface area contributed by atoms with Crippen LogP contribution in [0.15, 0.2) is 39.3 Å². The summed E-state index contributed by atoms with van der Waals surface area (Å²) < 4.78 is 12.9. The van der Waals surface area contributed by atoms with Gasteiger partial charge in [0.25, 0.3) is 0 Å². The van der Waals surface area contributed by atoms with Gasteiger partial charge in [-0.1, -0.05) is 11.6 Å². The molecule has 112 valence electrons. The lowest BCUT2D eigenvalue weighted by Gasteiger charge is -2.14. The van der Waals surface area contributed by atoms with Crippen LogP contribution in [0.3, 0.4) is 0 Å². The molecule has 0 aromatic heterocycles. The largest absolute Gasteiger partial charge is 0.496 e. The molecule has 6 heteroatoms. The predicted octanol–water partition coefficient (Wildman–Crippen LogP) is 6.19. The van der Waals surface area contributed by atoms with E-state index in [9.17, 15) is 0 Å². The lowest BCUT2D eigenvalue weighted by atomic mass is 10.2. The highest BCUT2D eigenvalue weighted by Crippen LogP contribution is 2.36. The van der Waals surface area contributed by atoms with Crippen molar-refractivity contribution >= 4 is 55.1 Å². The maximum absolute atomic E-state index is 6.01. The number of alkyl halides is 1. The molecule has 2 aromatic carbocycles. The molecule has 0 aliphatic heterocycles. The van der Waals surface area contributed by atoms with E-state index >= 15 is 0 Å². The summed E-state index contributed by atoms with van der Waals surface area (Å²) in [6.45, 7) is 0.348. The van der Waals surface area contributed by atoms with Crippen LogP contribution in [0.25, 0.3) is 0 Å². The van der Waals surface area contributed by atoms with Crippen LogP contribution in [-0.4, -0.2) is 7.11 Å². The van der Waals surface area contributed by atoms with Crippen LogP contribution in [-0.2, 0) is 12.5 Å². The van der Waals surface area contributed by atoms with Crippen LogP contribution in [0.2, 0.25) is 5.02 Å². The fourth-order valence-corrected chi connectivity index (χ4v) is 3.70. The molecule has 0 radical (unpaired) electrons. The normalized spacial score (nSPS) is 10.5. The predicted molar refractivity (Wildman–Crippen MR) is 93.7 cm³/mol. The Kier molecular flexibility index (Phi) is 6.23. The molecule has 0 heterocycles. The highest BCUT2D eigenvalue weighted by Gasteiger charge is 2.11. The van der Waals surface area contributed by atoms with Gasteiger partial charge in [0.2, 0.25) is 0 Å². The van der Waals surface area contributed by atoms with Crippen molar-refractivity contribution in [2.45, 2.75) is 12.5 Å². The van der Waals surface area contributed by atoms with Crippen molar-refractivity contribution in [2.24, 2.45) is 0 Å². The first-order valence-corrected chi connectivity index (χ1v) is 8.54. The van der Waals surface area contributed by atoms with Gasteiger partial charge in [-0.15, -0.1) is 11.6 Å². The molecular formula is C15H12Br2Cl2O2. The van der Waals surface area contributed by atoms with E-state index in [4.69, 9.17) is 32.7 Å². The van der Waals surface area contributed by atoms with Gasteiger partial charge in [0, 0.05) is 16.5 Å². The molecule has 0 bridgehead atoms. The van der Waals surface area contributed by atoms with Crippen LogP contribution >= 0.6 is 55.1 Å². The maximum atomic E-state index is 6.01. The molecule has 0 spiro atoms. The van der Waals surface area contributed by atoms with Gasteiger partial charge < -0.3 is 9.47 Å². The molecule has 0 aliphatic carbocycles. The molecule has 0 N–H and O–H groups in total. The number of methoxy groups -OCH3 is 1. The van der Waals surface area contributed by atoms with E-state index in [1.54, 1.807) is 13.2 Å². The molecule has 2 aromatic rings. The molecule has 0 saturated heterocycles. The number of benzene rings is 2. The van der Waals surface area contributed by atoms with Crippen molar-refractivity contribution < 1.29 is 9.47 Å². The Labute approximate surface area is 150 Å². The number of halogens is 4. The monoisotopic (exact) mass is 452 g/mol. The third kappa shape index (κ3) is 4.28. The Balaban J connectivity index is 2.22. The highest BCUT2D eigenvalue weighted by atomic mass is 79.9. The fourth-order valence-electron chi connectivity index (χ4n) is 1.84.